The van der Waals surface area contributed by atoms with E-state index < -0.39 is 0 Å². The van der Waals surface area contributed by atoms with E-state index in [4.69, 9.17) is 23.2 Å². The van der Waals surface area contributed by atoms with Crippen LogP contribution in [0, 0.1) is 3.57 Å². The highest BCUT2D eigenvalue weighted by Crippen LogP contribution is 2.27. The largest absolute Gasteiger partial charge is 0.305 e. The molecule has 0 fully saturated rings. The highest BCUT2D eigenvalue weighted by Gasteiger charge is 2.15. The van der Waals surface area contributed by atoms with Gasteiger partial charge >= 0.3 is 0 Å². The molecule has 1 aromatic carbocycles. The minimum absolute atomic E-state index is 0.284. The van der Waals surface area contributed by atoms with Crippen molar-refractivity contribution < 1.29 is 4.79 Å². The summed E-state index contributed by atoms with van der Waals surface area (Å²) in [5.41, 5.74) is 1.42. The molecule has 20 heavy (non-hydrogen) atoms. The number of aromatic nitrogens is 2. The number of hydrogen-bond acceptors (Lipinski definition) is 2. The first-order valence-corrected chi connectivity index (χ1v) is 7.85. The van der Waals surface area contributed by atoms with Crippen molar-refractivity contribution in [1.82, 2.24) is 10.2 Å². The van der Waals surface area contributed by atoms with Crippen LogP contribution in [0.5, 0.6) is 0 Å². The van der Waals surface area contributed by atoms with Crippen LogP contribution in [-0.2, 0) is 6.42 Å². The number of amides is 1. The van der Waals surface area contributed by atoms with E-state index in [0.29, 0.717) is 25.0 Å². The molecule has 7 heteroatoms. The number of halogens is 3. The lowest BCUT2D eigenvalue weighted by molar-refractivity contribution is 0.102. The number of nitrogens with one attached hydrogen (secondary N) is 2. The normalized spacial score (nSPS) is 10.6. The van der Waals surface area contributed by atoms with E-state index >= 15 is 0 Å². The quantitative estimate of drug-likeness (QED) is 0.560. The summed E-state index contributed by atoms with van der Waals surface area (Å²) in [6.45, 7) is 2.08. The number of rotatable bonds is 4. The van der Waals surface area contributed by atoms with Crippen LogP contribution in [-0.4, -0.2) is 16.1 Å². The smallest absolute Gasteiger partial charge is 0.258 e. The van der Waals surface area contributed by atoms with Crippen LogP contribution >= 0.6 is 45.8 Å². The minimum atomic E-state index is -0.284. The fourth-order valence-corrected chi connectivity index (χ4v) is 2.78. The van der Waals surface area contributed by atoms with Gasteiger partial charge in [-0.05, 0) is 41.1 Å². The molecule has 0 saturated heterocycles. The van der Waals surface area contributed by atoms with Gasteiger partial charge < -0.3 is 5.32 Å². The maximum absolute atomic E-state index is 12.2. The third-order valence-electron chi connectivity index (χ3n) is 2.63. The molecular weight excluding hydrogens is 412 g/mol. The number of aryl methyl sites for hydroxylation is 1. The Balaban J connectivity index is 2.19. The lowest BCUT2D eigenvalue weighted by Gasteiger charge is -2.06. The summed E-state index contributed by atoms with van der Waals surface area (Å²) in [4.78, 5) is 12.2. The molecule has 1 heterocycles. The maximum Gasteiger partial charge on any atom is 0.258 e. The Labute approximate surface area is 140 Å². The Morgan fingerprint density at radius 2 is 2.15 bits per heavy atom. The summed E-state index contributed by atoms with van der Waals surface area (Å²) >= 11 is 14.0. The van der Waals surface area contributed by atoms with Crippen molar-refractivity contribution in [3.8, 4) is 0 Å². The van der Waals surface area contributed by atoms with Crippen LogP contribution in [0.25, 0.3) is 0 Å². The predicted molar refractivity (Wildman–Crippen MR) is 89.7 cm³/mol. The number of hydrogen-bond donors (Lipinski definition) is 2. The van der Waals surface area contributed by atoms with E-state index in [1.54, 1.807) is 12.1 Å². The Kier molecular flexibility index (Phi) is 5.29. The highest BCUT2D eigenvalue weighted by molar-refractivity contribution is 14.1. The van der Waals surface area contributed by atoms with Crippen LogP contribution in [0.4, 0.5) is 5.82 Å². The molecule has 106 valence electrons. The number of aromatic amines is 1. The molecule has 2 aromatic rings. The summed E-state index contributed by atoms with van der Waals surface area (Å²) in [6.07, 6.45) is 1.90. The number of H-pyrrole nitrogens is 1. The lowest BCUT2D eigenvalue weighted by atomic mass is 10.2. The van der Waals surface area contributed by atoms with Gasteiger partial charge in [0.05, 0.1) is 10.6 Å². The van der Waals surface area contributed by atoms with E-state index in [1.807, 2.05) is 28.7 Å². The molecule has 0 radical (unpaired) electrons. The lowest BCUT2D eigenvalue weighted by Crippen LogP contribution is -2.14. The van der Waals surface area contributed by atoms with Gasteiger partial charge in [-0.25, -0.2) is 0 Å². The molecule has 4 nitrogen and oxygen atoms in total. The molecule has 0 bridgehead atoms. The zero-order valence-electron chi connectivity index (χ0n) is 10.6. The van der Waals surface area contributed by atoms with Crippen molar-refractivity contribution in [2.75, 3.05) is 5.32 Å². The van der Waals surface area contributed by atoms with Crippen molar-refractivity contribution in [3.05, 3.63) is 43.1 Å². The zero-order valence-corrected chi connectivity index (χ0v) is 14.3. The summed E-state index contributed by atoms with van der Waals surface area (Å²) < 4.78 is 0.662. The molecule has 0 aliphatic rings. The molecule has 0 aliphatic carbocycles. The van der Waals surface area contributed by atoms with Gasteiger partial charge in [0, 0.05) is 20.4 Å². The molecule has 0 atom stereocenters. The fourth-order valence-electron chi connectivity index (χ4n) is 1.73. The number of nitrogens with zero attached hydrogens (tertiary/aromatic N) is 1. The number of anilines is 1. The second-order valence-corrected chi connectivity index (χ2v) is 6.15. The molecule has 2 rings (SSSR count). The molecule has 2 N–H and O–H groups in total. The topological polar surface area (TPSA) is 57.8 Å². The van der Waals surface area contributed by atoms with Crippen molar-refractivity contribution in [1.29, 1.82) is 0 Å². The van der Waals surface area contributed by atoms with Crippen LogP contribution in [0.15, 0.2) is 18.2 Å². The van der Waals surface area contributed by atoms with Gasteiger partial charge in [-0.2, -0.15) is 5.10 Å². The fraction of sp³-hybridized carbons (Fsp3) is 0.231. The molecule has 0 saturated carbocycles. The first kappa shape index (κ1) is 15.6. The molecule has 1 aromatic heterocycles. The van der Waals surface area contributed by atoms with Crippen LogP contribution in [0.3, 0.4) is 0 Å². The van der Waals surface area contributed by atoms with Gasteiger partial charge in [-0.1, -0.05) is 36.5 Å². The van der Waals surface area contributed by atoms with Crippen molar-refractivity contribution in [3.63, 3.8) is 0 Å². The molecule has 0 spiro atoms. The zero-order chi connectivity index (χ0) is 14.7. The van der Waals surface area contributed by atoms with E-state index in [0.717, 1.165) is 18.5 Å². The standard InChI is InChI=1S/C13H12Cl2IN3O/c1-2-3-8-6-11(19-18-8)17-13(20)9-4-7(14)5-10(15)12(9)16/h4-6H,2-3H2,1H3,(H2,17,18,19,20). The SMILES string of the molecule is CCCc1cc(NC(=O)c2cc(Cl)cc(Cl)c2I)n[nH]1. The molecule has 0 unspecified atom stereocenters. The monoisotopic (exact) mass is 423 g/mol. The first-order valence-electron chi connectivity index (χ1n) is 6.01. The second-order valence-electron chi connectivity index (χ2n) is 4.23. The average molecular weight is 424 g/mol. The van der Waals surface area contributed by atoms with Crippen LogP contribution in [0.2, 0.25) is 10.0 Å². The molecular formula is C13H12Cl2IN3O. The van der Waals surface area contributed by atoms with Crippen molar-refractivity contribution in [2.45, 2.75) is 19.8 Å². The molecule has 1 amide bonds. The number of carbonyl (C=O) groups excluding carboxylic acids is 1. The number of benzene rings is 1. The third-order valence-corrected chi connectivity index (χ3v) is 4.63. The van der Waals surface area contributed by atoms with Gasteiger partial charge in [0.15, 0.2) is 5.82 Å². The third kappa shape index (κ3) is 3.65. The van der Waals surface area contributed by atoms with Gasteiger partial charge in [0.2, 0.25) is 0 Å². The second kappa shape index (κ2) is 6.78. The summed E-state index contributed by atoms with van der Waals surface area (Å²) in [5.74, 6) is 0.207. The minimum Gasteiger partial charge on any atom is -0.305 e. The maximum atomic E-state index is 12.2. The summed E-state index contributed by atoms with van der Waals surface area (Å²) in [5, 5.41) is 10.5. The van der Waals surface area contributed by atoms with Gasteiger partial charge in [-0.3, -0.25) is 9.89 Å². The van der Waals surface area contributed by atoms with E-state index in [9.17, 15) is 4.79 Å². The number of carbonyl (C=O) groups is 1. The molecule has 0 aliphatic heterocycles. The predicted octanol–water partition coefficient (Wildman–Crippen LogP) is 4.53. The highest BCUT2D eigenvalue weighted by atomic mass is 127. The van der Waals surface area contributed by atoms with Gasteiger partial charge in [0.1, 0.15) is 0 Å². The van der Waals surface area contributed by atoms with Crippen molar-refractivity contribution in [2.24, 2.45) is 0 Å². The Hall–Kier alpha value is -0.790. The summed E-state index contributed by atoms with van der Waals surface area (Å²) in [7, 11) is 0. The first-order chi connectivity index (χ1) is 9.51. The Morgan fingerprint density at radius 3 is 2.85 bits per heavy atom. The van der Waals surface area contributed by atoms with E-state index in [2.05, 4.69) is 22.4 Å². The van der Waals surface area contributed by atoms with E-state index in [1.165, 1.54) is 0 Å². The van der Waals surface area contributed by atoms with Crippen LogP contribution in [0.1, 0.15) is 29.4 Å². The Bertz CT molecular complexity index is 643. The van der Waals surface area contributed by atoms with Crippen molar-refractivity contribution >= 4 is 57.5 Å². The summed E-state index contributed by atoms with van der Waals surface area (Å²) in [6, 6.07) is 5.01. The van der Waals surface area contributed by atoms with Gasteiger partial charge in [-0.15, -0.1) is 0 Å². The average Bonchev–Trinajstić information content (AvgIpc) is 2.81. The van der Waals surface area contributed by atoms with Crippen LogP contribution < -0.4 is 5.32 Å². The van der Waals surface area contributed by atoms with Gasteiger partial charge in [0.25, 0.3) is 5.91 Å². The Morgan fingerprint density at radius 1 is 1.40 bits per heavy atom. The van der Waals surface area contributed by atoms with E-state index in [-0.39, 0.29) is 5.91 Å².